The predicted octanol–water partition coefficient (Wildman–Crippen LogP) is 3.37. The van der Waals surface area contributed by atoms with Crippen molar-refractivity contribution in [1.29, 1.82) is 0 Å². The lowest BCUT2D eigenvalue weighted by molar-refractivity contribution is -0.0100. The van der Waals surface area contributed by atoms with Gasteiger partial charge in [-0.1, -0.05) is 36.9 Å². The number of carbonyl (C=O) groups excluding carboxylic acids is 1. The van der Waals surface area contributed by atoms with Gasteiger partial charge in [0.05, 0.1) is 6.54 Å². The monoisotopic (exact) mass is 322 g/mol. The number of aromatic nitrogens is 1. The maximum atomic E-state index is 11.6. The summed E-state index contributed by atoms with van der Waals surface area (Å²) in [5, 5.41) is 7.44. The molecule has 2 rings (SSSR count). The van der Waals surface area contributed by atoms with Gasteiger partial charge in [-0.3, -0.25) is 0 Å². The summed E-state index contributed by atoms with van der Waals surface area (Å²) in [4.78, 5) is 11.6. The summed E-state index contributed by atoms with van der Waals surface area (Å²) >= 11 is 0. The number of amides is 1. The first-order valence-corrected chi connectivity index (χ1v) is 11.0. The molecule has 0 aliphatic heterocycles. The van der Waals surface area contributed by atoms with E-state index >= 15 is 0 Å². The number of para-hydroxylation sites is 1. The minimum atomic E-state index is -1.11. The summed E-state index contributed by atoms with van der Waals surface area (Å²) in [7, 11) is -1.11. The summed E-state index contributed by atoms with van der Waals surface area (Å²) in [6.45, 7) is 7.65. The van der Waals surface area contributed by atoms with Crippen molar-refractivity contribution in [2.45, 2.75) is 32.2 Å². The standard InChI is InChI=1S/C15H22N2O4Si/c1-22(2,3)9-8-19-11-20-15(18)16-10-13-12-6-4-5-7-14(12)21-17-13/h4-7H,8-11H2,1-3H3,(H,16,18). The largest absolute Gasteiger partial charge is 0.422 e. The molecule has 0 bridgehead atoms. The molecule has 0 aliphatic carbocycles. The normalized spacial score (nSPS) is 11.6. The third-order valence-corrected chi connectivity index (χ3v) is 4.83. The minimum Gasteiger partial charge on any atom is -0.422 e. The fourth-order valence-electron chi connectivity index (χ4n) is 1.80. The molecule has 0 fully saturated rings. The topological polar surface area (TPSA) is 73.6 Å². The smallest absolute Gasteiger partial charge is 0.409 e. The number of hydrogen-bond donors (Lipinski definition) is 1. The lowest BCUT2D eigenvalue weighted by atomic mass is 10.2. The summed E-state index contributed by atoms with van der Waals surface area (Å²) in [5.74, 6) is 0. The lowest BCUT2D eigenvalue weighted by Gasteiger charge is -2.15. The fourth-order valence-corrected chi connectivity index (χ4v) is 2.56. The van der Waals surface area contributed by atoms with E-state index in [1.807, 2.05) is 24.3 Å². The van der Waals surface area contributed by atoms with E-state index in [2.05, 4.69) is 30.1 Å². The Kier molecular flexibility index (Phi) is 5.56. The third kappa shape index (κ3) is 5.16. The van der Waals surface area contributed by atoms with E-state index in [1.165, 1.54) is 0 Å². The number of rotatable bonds is 7. The van der Waals surface area contributed by atoms with Crippen LogP contribution in [-0.4, -0.2) is 32.7 Å². The average molecular weight is 322 g/mol. The summed E-state index contributed by atoms with van der Waals surface area (Å²) < 4.78 is 15.4. The Morgan fingerprint density at radius 3 is 2.86 bits per heavy atom. The number of alkyl carbamates (subject to hydrolysis) is 1. The molecule has 1 heterocycles. The molecule has 1 amide bonds. The molecule has 1 aromatic heterocycles. The number of nitrogens with zero attached hydrogens (tertiary/aromatic N) is 1. The summed E-state index contributed by atoms with van der Waals surface area (Å²) in [6.07, 6.45) is -0.528. The van der Waals surface area contributed by atoms with Gasteiger partial charge in [0.2, 0.25) is 0 Å². The van der Waals surface area contributed by atoms with Crippen molar-refractivity contribution in [3.8, 4) is 0 Å². The Bertz CT molecular complexity index is 621. The van der Waals surface area contributed by atoms with Crippen LogP contribution in [0.25, 0.3) is 11.0 Å². The Balaban J connectivity index is 1.68. The van der Waals surface area contributed by atoms with E-state index in [1.54, 1.807) is 0 Å². The molecule has 7 heteroatoms. The molecule has 0 spiro atoms. The van der Waals surface area contributed by atoms with Crippen molar-refractivity contribution in [2.75, 3.05) is 13.4 Å². The molecule has 120 valence electrons. The quantitative estimate of drug-likeness (QED) is 0.480. The molecule has 2 aromatic rings. The Morgan fingerprint density at radius 2 is 2.09 bits per heavy atom. The van der Waals surface area contributed by atoms with E-state index in [0.29, 0.717) is 17.9 Å². The maximum Gasteiger partial charge on any atom is 0.409 e. The van der Waals surface area contributed by atoms with Crippen LogP contribution in [-0.2, 0) is 16.0 Å². The number of fused-ring (bicyclic) bond motifs is 1. The number of carbonyl (C=O) groups is 1. The number of hydrogen-bond acceptors (Lipinski definition) is 5. The first-order chi connectivity index (χ1) is 10.5. The molecule has 6 nitrogen and oxygen atoms in total. The number of benzene rings is 1. The van der Waals surface area contributed by atoms with Crippen LogP contribution >= 0.6 is 0 Å². The van der Waals surface area contributed by atoms with Crippen LogP contribution < -0.4 is 5.32 Å². The van der Waals surface area contributed by atoms with E-state index in [4.69, 9.17) is 14.0 Å². The van der Waals surface area contributed by atoms with Crippen molar-refractivity contribution >= 4 is 25.1 Å². The first-order valence-electron chi connectivity index (χ1n) is 7.27. The van der Waals surface area contributed by atoms with Crippen LogP contribution in [0, 0.1) is 0 Å². The molecular weight excluding hydrogens is 300 g/mol. The van der Waals surface area contributed by atoms with Gasteiger partial charge in [0.25, 0.3) is 0 Å². The van der Waals surface area contributed by atoms with Crippen LogP contribution in [0.3, 0.4) is 0 Å². The molecule has 0 unspecified atom stereocenters. The van der Waals surface area contributed by atoms with E-state index in [-0.39, 0.29) is 13.3 Å². The van der Waals surface area contributed by atoms with Crippen molar-refractivity contribution in [1.82, 2.24) is 10.5 Å². The molecule has 22 heavy (non-hydrogen) atoms. The SMILES string of the molecule is C[Si](C)(C)CCOCOC(=O)NCc1noc2ccccc12. The highest BCUT2D eigenvalue weighted by Gasteiger charge is 2.12. The van der Waals surface area contributed by atoms with Gasteiger partial charge in [0.15, 0.2) is 12.4 Å². The van der Waals surface area contributed by atoms with Crippen molar-refractivity contribution < 1.29 is 18.8 Å². The second-order valence-corrected chi connectivity index (χ2v) is 11.9. The van der Waals surface area contributed by atoms with Crippen LogP contribution in [0.2, 0.25) is 25.7 Å². The zero-order valence-corrected chi connectivity index (χ0v) is 14.2. The predicted molar refractivity (Wildman–Crippen MR) is 86.3 cm³/mol. The zero-order valence-electron chi connectivity index (χ0n) is 13.2. The zero-order chi connectivity index (χ0) is 16.0. The van der Waals surface area contributed by atoms with Crippen LogP contribution in [0.4, 0.5) is 4.79 Å². The van der Waals surface area contributed by atoms with Gasteiger partial charge in [-0.05, 0) is 18.2 Å². The van der Waals surface area contributed by atoms with E-state index in [0.717, 1.165) is 11.4 Å². The number of ether oxygens (including phenoxy) is 2. The van der Waals surface area contributed by atoms with Crippen molar-refractivity contribution in [3.63, 3.8) is 0 Å². The Morgan fingerprint density at radius 1 is 1.32 bits per heavy atom. The highest BCUT2D eigenvalue weighted by atomic mass is 28.3. The maximum absolute atomic E-state index is 11.6. The van der Waals surface area contributed by atoms with Crippen molar-refractivity contribution in [2.24, 2.45) is 0 Å². The second kappa shape index (κ2) is 7.41. The molecular formula is C15H22N2O4Si. The van der Waals surface area contributed by atoms with Gasteiger partial charge in [0, 0.05) is 20.1 Å². The highest BCUT2D eigenvalue weighted by Crippen LogP contribution is 2.17. The first kappa shape index (κ1) is 16.5. The highest BCUT2D eigenvalue weighted by molar-refractivity contribution is 6.76. The summed E-state index contributed by atoms with van der Waals surface area (Å²) in [6, 6.07) is 8.54. The van der Waals surface area contributed by atoms with Crippen LogP contribution in [0.5, 0.6) is 0 Å². The van der Waals surface area contributed by atoms with Gasteiger partial charge >= 0.3 is 6.09 Å². The Labute approximate surface area is 130 Å². The molecule has 1 aromatic carbocycles. The molecule has 0 radical (unpaired) electrons. The van der Waals surface area contributed by atoms with E-state index in [9.17, 15) is 4.79 Å². The molecule has 0 aliphatic rings. The van der Waals surface area contributed by atoms with Gasteiger partial charge in [-0.25, -0.2) is 4.79 Å². The lowest BCUT2D eigenvalue weighted by Crippen LogP contribution is -2.26. The van der Waals surface area contributed by atoms with Crippen molar-refractivity contribution in [3.05, 3.63) is 30.0 Å². The van der Waals surface area contributed by atoms with Gasteiger partial charge < -0.3 is 19.3 Å². The molecule has 0 saturated heterocycles. The fraction of sp³-hybridized carbons (Fsp3) is 0.467. The Hall–Kier alpha value is -1.86. The number of nitrogens with one attached hydrogen (secondary N) is 1. The van der Waals surface area contributed by atoms with Gasteiger partial charge in [0.1, 0.15) is 5.69 Å². The summed E-state index contributed by atoms with van der Waals surface area (Å²) in [5.41, 5.74) is 1.37. The molecule has 0 atom stereocenters. The minimum absolute atomic E-state index is 0.0319. The third-order valence-electron chi connectivity index (χ3n) is 3.12. The molecule has 0 saturated carbocycles. The van der Waals surface area contributed by atoms with Gasteiger partial charge in [-0.15, -0.1) is 0 Å². The molecule has 1 N–H and O–H groups in total. The van der Waals surface area contributed by atoms with Gasteiger partial charge in [-0.2, -0.15) is 0 Å². The second-order valence-electron chi connectivity index (χ2n) is 6.25. The van der Waals surface area contributed by atoms with Crippen LogP contribution in [0.15, 0.2) is 28.8 Å². The average Bonchev–Trinajstić information content (AvgIpc) is 2.87. The van der Waals surface area contributed by atoms with E-state index < -0.39 is 14.2 Å². The van der Waals surface area contributed by atoms with Crippen LogP contribution in [0.1, 0.15) is 5.69 Å².